The fourth-order valence-electron chi connectivity index (χ4n) is 3.95. The van der Waals surface area contributed by atoms with Gasteiger partial charge in [-0.15, -0.1) is 0 Å². The molecular formula is C23H18FN3O4. The van der Waals surface area contributed by atoms with Crippen LogP contribution in [0.4, 0.5) is 4.39 Å². The minimum absolute atomic E-state index is 0.276. The Morgan fingerprint density at radius 3 is 2.94 bits per heavy atom. The molecule has 5 rings (SSSR count). The first-order chi connectivity index (χ1) is 15.0. The highest BCUT2D eigenvalue weighted by atomic mass is 19.1. The second kappa shape index (κ2) is 7.09. The summed E-state index contributed by atoms with van der Waals surface area (Å²) in [5.74, 6) is -0.848. The third-order valence-electron chi connectivity index (χ3n) is 5.58. The van der Waals surface area contributed by atoms with Crippen LogP contribution in [-0.4, -0.2) is 22.5 Å². The zero-order valence-electron chi connectivity index (χ0n) is 16.6. The minimum Gasteiger partial charge on any atom is -0.491 e. The van der Waals surface area contributed by atoms with Crippen molar-refractivity contribution in [2.75, 3.05) is 6.61 Å². The first kappa shape index (κ1) is 19.0. The number of hydrogen-bond acceptors (Lipinski definition) is 5. The van der Waals surface area contributed by atoms with Gasteiger partial charge in [0.25, 0.3) is 5.91 Å². The molecule has 4 aromatic rings. The van der Waals surface area contributed by atoms with Crippen molar-refractivity contribution in [1.82, 2.24) is 15.3 Å². The molecule has 8 heteroatoms. The van der Waals surface area contributed by atoms with Crippen LogP contribution in [0.2, 0.25) is 0 Å². The zero-order valence-corrected chi connectivity index (χ0v) is 16.6. The second-order valence-corrected chi connectivity index (χ2v) is 7.50. The first-order valence-electron chi connectivity index (χ1n) is 9.77. The highest BCUT2D eigenvalue weighted by Crippen LogP contribution is 2.41. The first-order valence-corrected chi connectivity index (χ1v) is 9.77. The van der Waals surface area contributed by atoms with Crippen LogP contribution in [0.25, 0.3) is 11.1 Å². The van der Waals surface area contributed by atoms with Crippen molar-refractivity contribution in [2.45, 2.75) is 18.9 Å². The lowest BCUT2D eigenvalue weighted by Crippen LogP contribution is -2.50. The number of aryl methyl sites for hydroxylation is 1. The van der Waals surface area contributed by atoms with Crippen molar-refractivity contribution >= 4 is 17.0 Å². The summed E-state index contributed by atoms with van der Waals surface area (Å²) in [6, 6.07) is 13.1. The molecule has 3 heterocycles. The van der Waals surface area contributed by atoms with Gasteiger partial charge in [-0.25, -0.2) is 9.18 Å². The van der Waals surface area contributed by atoms with Crippen LogP contribution >= 0.6 is 0 Å². The largest absolute Gasteiger partial charge is 0.491 e. The van der Waals surface area contributed by atoms with Gasteiger partial charge in [-0.1, -0.05) is 12.1 Å². The van der Waals surface area contributed by atoms with Crippen molar-refractivity contribution in [3.8, 4) is 5.75 Å². The number of hydrogen-bond donors (Lipinski definition) is 2. The van der Waals surface area contributed by atoms with E-state index >= 15 is 0 Å². The van der Waals surface area contributed by atoms with Crippen molar-refractivity contribution in [2.24, 2.45) is 0 Å². The van der Waals surface area contributed by atoms with E-state index in [1.54, 1.807) is 49.5 Å². The second-order valence-electron chi connectivity index (χ2n) is 7.50. The van der Waals surface area contributed by atoms with Gasteiger partial charge < -0.3 is 14.5 Å². The number of fused-ring (bicyclic) bond motifs is 2. The molecule has 2 N–H and O–H groups in total. The van der Waals surface area contributed by atoms with Gasteiger partial charge in [0, 0.05) is 18.2 Å². The van der Waals surface area contributed by atoms with Crippen LogP contribution in [0.5, 0.6) is 5.75 Å². The van der Waals surface area contributed by atoms with E-state index in [2.05, 4.69) is 15.3 Å². The Hall–Kier alpha value is -3.94. The Morgan fingerprint density at radius 2 is 2.10 bits per heavy atom. The number of H-pyrrole nitrogens is 1. The molecule has 0 radical (unpaired) electrons. The lowest BCUT2D eigenvalue weighted by Gasteiger charge is -2.39. The maximum Gasteiger partial charge on any atom is 0.417 e. The third-order valence-corrected chi connectivity index (χ3v) is 5.58. The molecule has 1 atom stereocenters. The molecule has 1 amide bonds. The zero-order chi connectivity index (χ0) is 21.6. The summed E-state index contributed by atoms with van der Waals surface area (Å²) >= 11 is 0. The number of ether oxygens (including phenoxy) is 1. The van der Waals surface area contributed by atoms with E-state index in [9.17, 15) is 14.0 Å². The van der Waals surface area contributed by atoms with Gasteiger partial charge in [-0.05, 0) is 54.4 Å². The van der Waals surface area contributed by atoms with Crippen LogP contribution in [0, 0.1) is 12.7 Å². The van der Waals surface area contributed by atoms with E-state index in [4.69, 9.17) is 9.15 Å². The Balaban J connectivity index is 1.63. The van der Waals surface area contributed by atoms with Crippen molar-refractivity contribution < 1.29 is 18.3 Å². The standard InChI is InChI=1S/C23H18FN3O4/c1-13-4-6-15(12-16(13)24)23(8-10-30-18-3-2-9-25-20(18)23)27-21(28)14-5-7-17-19(11-14)31-22(29)26-17/h2-7,9,11-12H,8,10H2,1H3,(H,26,29)(H,27,28)/t23-/m0/s1. The van der Waals surface area contributed by atoms with Crippen LogP contribution in [-0.2, 0) is 5.54 Å². The Labute approximate surface area is 175 Å². The highest BCUT2D eigenvalue weighted by Gasteiger charge is 2.42. The van der Waals surface area contributed by atoms with Crippen molar-refractivity contribution in [1.29, 1.82) is 0 Å². The van der Waals surface area contributed by atoms with Crippen LogP contribution in [0.1, 0.15) is 33.6 Å². The van der Waals surface area contributed by atoms with Gasteiger partial charge >= 0.3 is 5.76 Å². The summed E-state index contributed by atoms with van der Waals surface area (Å²) in [5, 5.41) is 3.06. The summed E-state index contributed by atoms with van der Waals surface area (Å²) in [4.78, 5) is 31.8. The van der Waals surface area contributed by atoms with E-state index in [-0.39, 0.29) is 11.4 Å². The van der Waals surface area contributed by atoms with Crippen LogP contribution in [0.15, 0.2) is 63.9 Å². The fourth-order valence-corrected chi connectivity index (χ4v) is 3.95. The number of halogens is 1. The quantitative estimate of drug-likeness (QED) is 0.530. The molecule has 0 saturated heterocycles. The predicted octanol–water partition coefficient (Wildman–Crippen LogP) is 3.42. The maximum absolute atomic E-state index is 14.5. The fraction of sp³-hybridized carbons (Fsp3) is 0.174. The summed E-state index contributed by atoms with van der Waals surface area (Å²) in [6.07, 6.45) is 1.98. The normalized spacial score (nSPS) is 17.7. The molecule has 0 spiro atoms. The number of aromatic nitrogens is 2. The molecule has 2 aromatic heterocycles. The molecular weight excluding hydrogens is 401 g/mol. The van der Waals surface area contributed by atoms with Gasteiger partial charge in [0.05, 0.1) is 12.1 Å². The highest BCUT2D eigenvalue weighted by molar-refractivity contribution is 5.97. The average Bonchev–Trinajstić information content (AvgIpc) is 3.15. The number of aromatic amines is 1. The number of carbonyl (C=O) groups excluding carboxylic acids is 1. The number of nitrogens with zero attached hydrogens (tertiary/aromatic N) is 1. The number of rotatable bonds is 3. The summed E-state index contributed by atoms with van der Waals surface area (Å²) in [6.45, 7) is 2.00. The number of oxazole rings is 1. The Bertz CT molecular complexity index is 1380. The van der Waals surface area contributed by atoms with Crippen LogP contribution in [0.3, 0.4) is 0 Å². The number of pyridine rings is 1. The number of nitrogens with one attached hydrogen (secondary N) is 2. The smallest absolute Gasteiger partial charge is 0.417 e. The summed E-state index contributed by atoms with van der Waals surface area (Å²) in [5.41, 5.74) is 1.56. The number of benzene rings is 2. The SMILES string of the molecule is Cc1ccc([C@@]2(NC(=O)c3ccc4[nH]c(=O)oc4c3)CCOc3cccnc32)cc1F. The summed E-state index contributed by atoms with van der Waals surface area (Å²) < 4.78 is 25.3. The molecule has 1 aliphatic heterocycles. The molecule has 0 bridgehead atoms. The Morgan fingerprint density at radius 1 is 1.23 bits per heavy atom. The predicted molar refractivity (Wildman–Crippen MR) is 111 cm³/mol. The van der Waals surface area contributed by atoms with Crippen molar-refractivity contribution in [3.63, 3.8) is 0 Å². The summed E-state index contributed by atoms with van der Waals surface area (Å²) in [7, 11) is 0. The van der Waals surface area contributed by atoms with Gasteiger partial charge in [-0.2, -0.15) is 0 Å². The molecule has 7 nitrogen and oxygen atoms in total. The van der Waals surface area contributed by atoms with Crippen LogP contribution < -0.4 is 15.8 Å². The van der Waals surface area contributed by atoms with E-state index in [0.717, 1.165) is 0 Å². The van der Waals surface area contributed by atoms with Crippen molar-refractivity contribution in [3.05, 3.63) is 93.5 Å². The lowest BCUT2D eigenvalue weighted by molar-refractivity contribution is 0.0883. The number of carbonyl (C=O) groups is 1. The topological polar surface area (TPSA) is 97.2 Å². The molecule has 0 saturated carbocycles. The minimum atomic E-state index is -1.09. The molecule has 0 fully saturated rings. The molecule has 31 heavy (non-hydrogen) atoms. The van der Waals surface area contributed by atoms with Gasteiger partial charge in [-0.3, -0.25) is 14.8 Å². The lowest BCUT2D eigenvalue weighted by atomic mass is 9.80. The Kier molecular flexibility index (Phi) is 4.35. The third kappa shape index (κ3) is 3.16. The van der Waals surface area contributed by atoms with E-state index in [1.807, 2.05) is 0 Å². The monoisotopic (exact) mass is 419 g/mol. The van der Waals surface area contributed by atoms with E-state index in [1.165, 1.54) is 12.1 Å². The van der Waals surface area contributed by atoms with E-state index in [0.29, 0.717) is 46.7 Å². The molecule has 156 valence electrons. The number of amides is 1. The average molecular weight is 419 g/mol. The molecule has 1 aliphatic rings. The molecule has 0 aliphatic carbocycles. The maximum atomic E-state index is 14.5. The van der Waals surface area contributed by atoms with E-state index < -0.39 is 17.2 Å². The van der Waals surface area contributed by atoms with Gasteiger partial charge in [0.15, 0.2) is 5.58 Å². The van der Waals surface area contributed by atoms with Gasteiger partial charge in [0.2, 0.25) is 0 Å². The van der Waals surface area contributed by atoms with Gasteiger partial charge in [0.1, 0.15) is 22.8 Å². The molecule has 2 aromatic carbocycles. The molecule has 0 unspecified atom stereocenters.